The molecule has 112 valence electrons. The second-order valence-electron chi connectivity index (χ2n) is 4.44. The Hall–Kier alpha value is -1.73. The van der Waals surface area contributed by atoms with E-state index < -0.39 is 0 Å². The number of thioether (sulfide) groups is 1. The molecule has 1 aromatic carbocycles. The number of hydrogen-bond donors (Lipinski definition) is 2. The van der Waals surface area contributed by atoms with E-state index in [-0.39, 0.29) is 12.1 Å². The molecule has 0 saturated carbocycles. The van der Waals surface area contributed by atoms with Crippen LogP contribution in [0.3, 0.4) is 0 Å². The van der Waals surface area contributed by atoms with E-state index in [1.165, 1.54) is 18.1 Å². The zero-order valence-electron chi connectivity index (χ0n) is 11.7. The number of urea groups is 1. The van der Waals surface area contributed by atoms with Gasteiger partial charge in [-0.2, -0.15) is 5.10 Å². The summed E-state index contributed by atoms with van der Waals surface area (Å²) in [7, 11) is 0. The molecule has 0 aliphatic rings. The highest BCUT2D eigenvalue weighted by molar-refractivity contribution is 7.98. The van der Waals surface area contributed by atoms with Crippen molar-refractivity contribution in [2.24, 2.45) is 0 Å². The third-order valence-electron chi connectivity index (χ3n) is 2.72. The second-order valence-corrected chi connectivity index (χ2v) is 5.66. The van der Waals surface area contributed by atoms with Crippen molar-refractivity contribution in [1.82, 2.24) is 20.1 Å². The van der Waals surface area contributed by atoms with E-state index in [1.807, 2.05) is 19.2 Å². The molecule has 6 nitrogen and oxygen atoms in total. The summed E-state index contributed by atoms with van der Waals surface area (Å²) >= 11 is 7.59. The first kappa shape index (κ1) is 15.7. The Morgan fingerprint density at radius 2 is 2.33 bits per heavy atom. The Labute approximate surface area is 132 Å². The summed E-state index contributed by atoms with van der Waals surface area (Å²) in [5.41, 5.74) is 0.695. The fourth-order valence-corrected chi connectivity index (χ4v) is 2.86. The summed E-state index contributed by atoms with van der Waals surface area (Å²) in [5.74, 6) is 0. The SMILES string of the molecule is CSc1c(Cl)cccc1NC(=O)N[C@H](C)Cn1cncn1. The standard InChI is InChI=1S/C13H16ClN5OS/c1-9(6-19-8-15-7-16-19)17-13(20)18-11-5-3-4-10(14)12(11)21-2/h3-5,7-9H,6H2,1-2H3,(H2,17,18,20)/t9-/m1/s1. The number of aromatic nitrogens is 3. The molecule has 8 heteroatoms. The van der Waals surface area contributed by atoms with Crippen LogP contribution in [-0.4, -0.2) is 33.1 Å². The molecule has 0 aliphatic carbocycles. The fraction of sp³-hybridized carbons (Fsp3) is 0.308. The molecule has 1 aromatic heterocycles. The Bertz CT molecular complexity index is 605. The quantitative estimate of drug-likeness (QED) is 0.829. The summed E-state index contributed by atoms with van der Waals surface area (Å²) < 4.78 is 1.66. The van der Waals surface area contributed by atoms with Crippen LogP contribution in [0.15, 0.2) is 35.7 Å². The van der Waals surface area contributed by atoms with Crippen LogP contribution in [-0.2, 0) is 6.54 Å². The van der Waals surface area contributed by atoms with Crippen molar-refractivity contribution in [3.8, 4) is 0 Å². The predicted octanol–water partition coefficient (Wildman–Crippen LogP) is 2.86. The van der Waals surface area contributed by atoms with Crippen molar-refractivity contribution >= 4 is 35.1 Å². The second kappa shape index (κ2) is 7.33. The average Bonchev–Trinajstić information content (AvgIpc) is 2.91. The summed E-state index contributed by atoms with van der Waals surface area (Å²) in [6, 6.07) is 5.06. The molecule has 0 spiro atoms. The molecule has 0 saturated heterocycles. The van der Waals surface area contributed by atoms with Crippen molar-refractivity contribution < 1.29 is 4.79 Å². The molecular weight excluding hydrogens is 310 g/mol. The lowest BCUT2D eigenvalue weighted by Crippen LogP contribution is -2.38. The largest absolute Gasteiger partial charge is 0.334 e. The van der Waals surface area contributed by atoms with Gasteiger partial charge in [-0.15, -0.1) is 11.8 Å². The number of halogens is 1. The van der Waals surface area contributed by atoms with Crippen molar-refractivity contribution in [2.45, 2.75) is 24.4 Å². The molecule has 2 amide bonds. The molecular formula is C13H16ClN5OS. The van der Waals surface area contributed by atoms with Crippen LogP contribution in [0.4, 0.5) is 10.5 Å². The van der Waals surface area contributed by atoms with Gasteiger partial charge in [0.25, 0.3) is 0 Å². The van der Waals surface area contributed by atoms with Crippen LogP contribution in [0.5, 0.6) is 0 Å². The lowest BCUT2D eigenvalue weighted by atomic mass is 10.3. The highest BCUT2D eigenvalue weighted by Crippen LogP contribution is 2.32. The molecule has 0 radical (unpaired) electrons. The summed E-state index contributed by atoms with van der Waals surface area (Å²) in [6.07, 6.45) is 4.99. The number of carbonyl (C=O) groups excluding carboxylic acids is 1. The Morgan fingerprint density at radius 1 is 1.52 bits per heavy atom. The maximum atomic E-state index is 12.0. The molecule has 0 bridgehead atoms. The van der Waals surface area contributed by atoms with Gasteiger partial charge in [0.15, 0.2) is 0 Å². The molecule has 0 unspecified atom stereocenters. The van der Waals surface area contributed by atoms with Gasteiger partial charge in [0, 0.05) is 10.9 Å². The van der Waals surface area contributed by atoms with E-state index in [2.05, 4.69) is 20.7 Å². The molecule has 1 atom stereocenters. The number of nitrogens with zero attached hydrogens (tertiary/aromatic N) is 3. The Balaban J connectivity index is 1.94. The maximum absolute atomic E-state index is 12.0. The molecule has 21 heavy (non-hydrogen) atoms. The molecule has 0 aliphatic heterocycles. The zero-order chi connectivity index (χ0) is 15.2. The minimum absolute atomic E-state index is 0.0800. The number of rotatable bonds is 5. The van der Waals surface area contributed by atoms with Crippen LogP contribution >= 0.6 is 23.4 Å². The van der Waals surface area contributed by atoms with Gasteiger partial charge in [-0.1, -0.05) is 17.7 Å². The number of amides is 2. The maximum Gasteiger partial charge on any atom is 0.319 e. The monoisotopic (exact) mass is 325 g/mol. The Kier molecular flexibility index (Phi) is 5.46. The molecule has 0 fully saturated rings. The lowest BCUT2D eigenvalue weighted by molar-refractivity contribution is 0.247. The first-order valence-electron chi connectivity index (χ1n) is 6.32. The number of nitrogens with one attached hydrogen (secondary N) is 2. The van der Waals surface area contributed by atoms with E-state index in [9.17, 15) is 4.79 Å². The highest BCUT2D eigenvalue weighted by Gasteiger charge is 2.11. The number of carbonyl (C=O) groups is 1. The molecule has 2 rings (SSSR count). The van der Waals surface area contributed by atoms with Gasteiger partial charge in [-0.05, 0) is 25.3 Å². The average molecular weight is 326 g/mol. The topological polar surface area (TPSA) is 71.8 Å². The number of hydrogen-bond acceptors (Lipinski definition) is 4. The summed E-state index contributed by atoms with van der Waals surface area (Å²) in [6.45, 7) is 2.45. The van der Waals surface area contributed by atoms with Crippen molar-refractivity contribution in [2.75, 3.05) is 11.6 Å². The summed E-state index contributed by atoms with van der Waals surface area (Å²) in [4.78, 5) is 16.7. The Morgan fingerprint density at radius 3 is 3.00 bits per heavy atom. The third kappa shape index (κ3) is 4.37. The van der Waals surface area contributed by atoms with Gasteiger partial charge < -0.3 is 10.6 Å². The minimum atomic E-state index is -0.278. The van der Waals surface area contributed by atoms with Crippen molar-refractivity contribution in [1.29, 1.82) is 0 Å². The van der Waals surface area contributed by atoms with Gasteiger partial charge >= 0.3 is 6.03 Å². The third-order valence-corrected chi connectivity index (χ3v) is 4.00. The fourth-order valence-electron chi connectivity index (χ4n) is 1.85. The van der Waals surface area contributed by atoms with Crippen LogP contribution in [0.25, 0.3) is 0 Å². The molecule has 1 heterocycles. The number of anilines is 1. The van der Waals surface area contributed by atoms with Crippen LogP contribution in [0.2, 0.25) is 5.02 Å². The van der Waals surface area contributed by atoms with Crippen LogP contribution in [0, 0.1) is 0 Å². The number of benzene rings is 1. The van der Waals surface area contributed by atoms with Crippen LogP contribution in [0.1, 0.15) is 6.92 Å². The minimum Gasteiger partial charge on any atom is -0.334 e. The lowest BCUT2D eigenvalue weighted by Gasteiger charge is -2.16. The molecule has 2 N–H and O–H groups in total. The van der Waals surface area contributed by atoms with Gasteiger partial charge in [-0.3, -0.25) is 4.68 Å². The van der Waals surface area contributed by atoms with Crippen LogP contribution < -0.4 is 10.6 Å². The normalized spacial score (nSPS) is 12.0. The van der Waals surface area contributed by atoms with E-state index >= 15 is 0 Å². The highest BCUT2D eigenvalue weighted by atomic mass is 35.5. The van der Waals surface area contributed by atoms with E-state index in [0.717, 1.165) is 4.90 Å². The zero-order valence-corrected chi connectivity index (χ0v) is 13.3. The first-order valence-corrected chi connectivity index (χ1v) is 7.93. The smallest absolute Gasteiger partial charge is 0.319 e. The van der Waals surface area contributed by atoms with Crippen molar-refractivity contribution in [3.05, 3.63) is 35.9 Å². The predicted molar refractivity (Wildman–Crippen MR) is 84.9 cm³/mol. The van der Waals surface area contributed by atoms with Crippen molar-refractivity contribution in [3.63, 3.8) is 0 Å². The van der Waals surface area contributed by atoms with E-state index in [0.29, 0.717) is 17.3 Å². The van der Waals surface area contributed by atoms with Gasteiger partial charge in [0.1, 0.15) is 12.7 Å². The van der Waals surface area contributed by atoms with Gasteiger partial charge in [0.2, 0.25) is 0 Å². The van der Waals surface area contributed by atoms with E-state index in [4.69, 9.17) is 11.6 Å². The summed E-state index contributed by atoms with van der Waals surface area (Å²) in [5, 5.41) is 10.3. The van der Waals surface area contributed by atoms with Gasteiger partial charge in [-0.25, -0.2) is 9.78 Å². The molecule has 2 aromatic rings. The van der Waals surface area contributed by atoms with E-state index in [1.54, 1.807) is 23.1 Å². The van der Waals surface area contributed by atoms with Gasteiger partial charge in [0.05, 0.1) is 17.3 Å². The first-order chi connectivity index (χ1) is 10.1.